The van der Waals surface area contributed by atoms with E-state index in [0.29, 0.717) is 36.2 Å². The second kappa shape index (κ2) is 6.86. The van der Waals surface area contributed by atoms with Crippen LogP contribution in [-0.4, -0.2) is 53.7 Å². The predicted octanol–water partition coefficient (Wildman–Crippen LogP) is 2.26. The molecule has 25 heavy (non-hydrogen) atoms. The SMILES string of the molecule is COCc1noc(CN2C[C@@H]3CN(C)[C@@H](c4ccccc4C)[C@@H]3C2)n1. The fourth-order valence-electron chi connectivity index (χ4n) is 4.60. The minimum atomic E-state index is 0.398. The van der Waals surface area contributed by atoms with Crippen LogP contribution in [0.1, 0.15) is 28.9 Å². The standard InChI is InChI=1S/C19H26N4O2/c1-13-6-4-5-7-15(13)19-16-10-23(9-14(16)8-22(19)2)11-18-20-17(12-24-3)21-25-18/h4-7,14,16,19H,8-12H2,1-3H3/t14-,16+,19-/m0/s1. The molecule has 134 valence electrons. The predicted molar refractivity (Wildman–Crippen MR) is 93.8 cm³/mol. The van der Waals surface area contributed by atoms with Crippen molar-refractivity contribution in [1.29, 1.82) is 0 Å². The number of fused-ring (bicyclic) bond motifs is 1. The van der Waals surface area contributed by atoms with Gasteiger partial charge in [0, 0.05) is 32.8 Å². The van der Waals surface area contributed by atoms with Crippen molar-refractivity contribution in [2.24, 2.45) is 11.8 Å². The van der Waals surface area contributed by atoms with Gasteiger partial charge in [0.15, 0.2) is 5.82 Å². The van der Waals surface area contributed by atoms with Crippen LogP contribution in [0.25, 0.3) is 0 Å². The van der Waals surface area contributed by atoms with Crippen LogP contribution in [0.5, 0.6) is 0 Å². The summed E-state index contributed by atoms with van der Waals surface area (Å²) in [5.74, 6) is 2.67. The molecule has 0 aliphatic carbocycles. The normalized spacial score (nSPS) is 27.1. The van der Waals surface area contributed by atoms with Gasteiger partial charge in [-0.1, -0.05) is 29.4 Å². The van der Waals surface area contributed by atoms with Gasteiger partial charge in [0.1, 0.15) is 6.61 Å². The molecule has 2 fully saturated rings. The van der Waals surface area contributed by atoms with E-state index in [1.165, 1.54) is 11.1 Å². The molecule has 0 bridgehead atoms. The second-order valence-electron chi connectivity index (χ2n) is 7.40. The van der Waals surface area contributed by atoms with Crippen LogP contribution in [-0.2, 0) is 17.9 Å². The smallest absolute Gasteiger partial charge is 0.240 e. The first-order chi connectivity index (χ1) is 12.2. The lowest BCUT2D eigenvalue weighted by Crippen LogP contribution is -2.29. The first kappa shape index (κ1) is 16.7. The van der Waals surface area contributed by atoms with Gasteiger partial charge in [0.2, 0.25) is 5.89 Å². The number of rotatable bonds is 5. The van der Waals surface area contributed by atoms with Crippen LogP contribution >= 0.6 is 0 Å². The lowest BCUT2D eigenvalue weighted by molar-refractivity contribution is 0.174. The zero-order chi connectivity index (χ0) is 17.4. The number of nitrogens with zero attached hydrogens (tertiary/aromatic N) is 4. The average molecular weight is 342 g/mol. The Balaban J connectivity index is 1.46. The molecule has 4 rings (SSSR count). The van der Waals surface area contributed by atoms with Gasteiger partial charge in [-0.3, -0.25) is 9.80 Å². The zero-order valence-corrected chi connectivity index (χ0v) is 15.2. The van der Waals surface area contributed by atoms with Crippen molar-refractivity contribution < 1.29 is 9.26 Å². The van der Waals surface area contributed by atoms with Gasteiger partial charge in [0.05, 0.1) is 6.54 Å². The Morgan fingerprint density at radius 3 is 2.88 bits per heavy atom. The Hall–Kier alpha value is -1.76. The molecule has 0 amide bonds. The summed E-state index contributed by atoms with van der Waals surface area (Å²) in [7, 11) is 3.90. The van der Waals surface area contributed by atoms with Gasteiger partial charge in [-0.25, -0.2) is 0 Å². The second-order valence-corrected chi connectivity index (χ2v) is 7.40. The van der Waals surface area contributed by atoms with E-state index in [2.05, 4.69) is 58.2 Å². The topological polar surface area (TPSA) is 54.6 Å². The number of methoxy groups -OCH3 is 1. The highest BCUT2D eigenvalue weighted by Crippen LogP contribution is 2.45. The van der Waals surface area contributed by atoms with Crippen molar-refractivity contribution in [2.45, 2.75) is 26.1 Å². The highest BCUT2D eigenvalue weighted by atomic mass is 16.5. The van der Waals surface area contributed by atoms with Gasteiger partial charge < -0.3 is 9.26 Å². The van der Waals surface area contributed by atoms with Crippen molar-refractivity contribution in [3.8, 4) is 0 Å². The maximum Gasteiger partial charge on any atom is 0.240 e. The van der Waals surface area contributed by atoms with E-state index in [1.54, 1.807) is 7.11 Å². The molecular formula is C19H26N4O2. The molecule has 1 aromatic carbocycles. The minimum Gasteiger partial charge on any atom is -0.377 e. The monoisotopic (exact) mass is 342 g/mol. The third kappa shape index (κ3) is 3.21. The first-order valence-electron chi connectivity index (χ1n) is 8.94. The number of benzene rings is 1. The molecule has 3 atom stereocenters. The Morgan fingerprint density at radius 1 is 1.24 bits per heavy atom. The van der Waals surface area contributed by atoms with Gasteiger partial charge in [-0.2, -0.15) is 4.98 Å². The quantitative estimate of drug-likeness (QED) is 0.831. The van der Waals surface area contributed by atoms with Crippen LogP contribution in [0.15, 0.2) is 28.8 Å². The van der Waals surface area contributed by atoms with E-state index in [4.69, 9.17) is 9.26 Å². The van der Waals surface area contributed by atoms with Gasteiger partial charge in [-0.05, 0) is 36.9 Å². The number of hydrogen-bond donors (Lipinski definition) is 0. The zero-order valence-electron chi connectivity index (χ0n) is 15.2. The molecule has 0 radical (unpaired) electrons. The third-order valence-electron chi connectivity index (χ3n) is 5.62. The summed E-state index contributed by atoms with van der Waals surface area (Å²) >= 11 is 0. The van der Waals surface area contributed by atoms with E-state index < -0.39 is 0 Å². The molecule has 0 unspecified atom stereocenters. The number of aromatic nitrogens is 2. The van der Waals surface area contributed by atoms with Gasteiger partial charge in [-0.15, -0.1) is 0 Å². The van der Waals surface area contributed by atoms with Crippen LogP contribution in [0.3, 0.4) is 0 Å². The molecule has 2 aliphatic heterocycles. The molecule has 1 aromatic heterocycles. The van der Waals surface area contributed by atoms with E-state index in [0.717, 1.165) is 26.2 Å². The third-order valence-corrected chi connectivity index (χ3v) is 5.62. The van der Waals surface area contributed by atoms with Crippen molar-refractivity contribution in [2.75, 3.05) is 33.8 Å². The summed E-state index contributed by atoms with van der Waals surface area (Å²) in [5, 5.41) is 3.96. The molecule has 0 spiro atoms. The Bertz CT molecular complexity index is 732. The molecule has 6 heteroatoms. The van der Waals surface area contributed by atoms with Crippen molar-refractivity contribution in [3.63, 3.8) is 0 Å². The molecule has 3 heterocycles. The lowest BCUT2D eigenvalue weighted by Gasteiger charge is -2.27. The Kier molecular flexibility index (Phi) is 4.58. The Labute approximate surface area is 148 Å². The Morgan fingerprint density at radius 2 is 2.08 bits per heavy atom. The van der Waals surface area contributed by atoms with Gasteiger partial charge in [0.25, 0.3) is 0 Å². The van der Waals surface area contributed by atoms with E-state index in [-0.39, 0.29) is 0 Å². The maximum atomic E-state index is 5.36. The fourth-order valence-corrected chi connectivity index (χ4v) is 4.60. The van der Waals surface area contributed by atoms with Crippen molar-refractivity contribution in [3.05, 3.63) is 47.1 Å². The van der Waals surface area contributed by atoms with E-state index in [1.807, 2.05) is 0 Å². The number of ether oxygens (including phenoxy) is 1. The van der Waals surface area contributed by atoms with Crippen LogP contribution in [0, 0.1) is 18.8 Å². The highest BCUT2D eigenvalue weighted by molar-refractivity contribution is 5.31. The summed E-state index contributed by atoms with van der Waals surface area (Å²) < 4.78 is 10.4. The maximum absolute atomic E-state index is 5.36. The molecule has 0 N–H and O–H groups in total. The summed E-state index contributed by atoms with van der Waals surface area (Å²) in [6.45, 7) is 6.68. The molecule has 0 saturated carbocycles. The highest BCUT2D eigenvalue weighted by Gasteiger charge is 2.46. The molecule has 2 aliphatic rings. The number of hydrogen-bond acceptors (Lipinski definition) is 6. The summed E-state index contributed by atoms with van der Waals surface area (Å²) in [4.78, 5) is 9.39. The average Bonchev–Trinajstić information content (AvgIpc) is 3.24. The molecule has 2 aromatic rings. The summed E-state index contributed by atoms with van der Waals surface area (Å²) in [5.41, 5.74) is 2.86. The van der Waals surface area contributed by atoms with Crippen LogP contribution in [0.2, 0.25) is 0 Å². The van der Waals surface area contributed by atoms with E-state index >= 15 is 0 Å². The lowest BCUT2D eigenvalue weighted by atomic mass is 9.88. The van der Waals surface area contributed by atoms with Crippen LogP contribution in [0.4, 0.5) is 0 Å². The summed E-state index contributed by atoms with van der Waals surface area (Å²) in [6.07, 6.45) is 0. The minimum absolute atomic E-state index is 0.398. The van der Waals surface area contributed by atoms with Crippen LogP contribution < -0.4 is 0 Å². The first-order valence-corrected chi connectivity index (χ1v) is 8.94. The molecular weight excluding hydrogens is 316 g/mol. The molecule has 6 nitrogen and oxygen atoms in total. The van der Waals surface area contributed by atoms with E-state index in [9.17, 15) is 0 Å². The number of aryl methyl sites for hydroxylation is 1. The largest absolute Gasteiger partial charge is 0.377 e. The summed E-state index contributed by atoms with van der Waals surface area (Å²) in [6, 6.07) is 9.30. The number of likely N-dealkylation sites (tertiary alicyclic amines) is 2. The molecule has 2 saturated heterocycles. The van der Waals surface area contributed by atoms with Gasteiger partial charge >= 0.3 is 0 Å². The van der Waals surface area contributed by atoms with Crippen molar-refractivity contribution >= 4 is 0 Å². The van der Waals surface area contributed by atoms with Crippen molar-refractivity contribution in [1.82, 2.24) is 19.9 Å². The fraction of sp³-hybridized carbons (Fsp3) is 0.579.